The summed E-state index contributed by atoms with van der Waals surface area (Å²) in [7, 11) is 0. The lowest BCUT2D eigenvalue weighted by atomic mass is 10.1. The zero-order valence-electron chi connectivity index (χ0n) is 10.5. The van der Waals surface area contributed by atoms with Crippen LogP contribution in [0, 0.1) is 11.8 Å². The lowest BCUT2D eigenvalue weighted by Crippen LogP contribution is -2.22. The second-order valence-corrected chi connectivity index (χ2v) is 5.77. The highest BCUT2D eigenvalue weighted by molar-refractivity contribution is 9.10. The first-order valence-corrected chi connectivity index (χ1v) is 7.58. The Balaban J connectivity index is 2.04. The monoisotopic (exact) mass is 349 g/mol. The molecule has 0 fully saturated rings. The zero-order valence-corrected chi connectivity index (χ0v) is 12.9. The predicted molar refractivity (Wildman–Crippen MR) is 83.6 cm³/mol. The van der Waals surface area contributed by atoms with Gasteiger partial charge in [0.15, 0.2) is 0 Å². The van der Waals surface area contributed by atoms with Gasteiger partial charge in [-0.1, -0.05) is 17.9 Å². The highest BCUT2D eigenvalue weighted by Crippen LogP contribution is 2.22. The molecule has 102 valence electrons. The van der Waals surface area contributed by atoms with Crippen molar-refractivity contribution in [1.82, 2.24) is 5.32 Å². The number of hydrogen-bond acceptors (Lipinski definition) is 3. The molecule has 1 amide bonds. The topological polar surface area (TPSA) is 49.3 Å². The van der Waals surface area contributed by atoms with Gasteiger partial charge in [0.05, 0.1) is 6.54 Å². The van der Waals surface area contributed by atoms with Crippen LogP contribution in [0.5, 0.6) is 0 Å². The third-order valence-corrected chi connectivity index (χ3v) is 4.46. The van der Waals surface area contributed by atoms with Gasteiger partial charge < -0.3 is 10.4 Å². The quantitative estimate of drug-likeness (QED) is 0.837. The lowest BCUT2D eigenvalue weighted by molar-refractivity contribution is 0.0951. The van der Waals surface area contributed by atoms with Crippen LogP contribution in [0.2, 0.25) is 0 Å². The normalized spacial score (nSPS) is 9.70. The molecule has 20 heavy (non-hydrogen) atoms. The standard InChI is InChI=1S/C15H12BrNO2S/c16-13-6-8-20-14(13)10-17-15(19)12-5-1-3-11(9-12)4-2-7-18/h1,3,5-6,8-9,18H,7,10H2,(H,17,19). The van der Waals surface area contributed by atoms with Gasteiger partial charge >= 0.3 is 0 Å². The molecule has 2 rings (SSSR count). The van der Waals surface area contributed by atoms with Crippen molar-refractivity contribution in [2.24, 2.45) is 0 Å². The van der Waals surface area contributed by atoms with E-state index < -0.39 is 0 Å². The van der Waals surface area contributed by atoms with Gasteiger partial charge in [-0.25, -0.2) is 0 Å². The van der Waals surface area contributed by atoms with Crippen LogP contribution in [0.3, 0.4) is 0 Å². The first-order valence-electron chi connectivity index (χ1n) is 5.90. The van der Waals surface area contributed by atoms with Gasteiger partial charge in [-0.3, -0.25) is 4.79 Å². The average Bonchev–Trinajstić information content (AvgIpc) is 2.88. The van der Waals surface area contributed by atoms with Crippen molar-refractivity contribution in [3.05, 3.63) is 56.2 Å². The predicted octanol–water partition coefficient (Wildman–Crippen LogP) is 2.78. The molecule has 0 spiro atoms. The summed E-state index contributed by atoms with van der Waals surface area (Å²) in [6, 6.07) is 8.98. The number of thiophene rings is 1. The van der Waals surface area contributed by atoms with E-state index in [9.17, 15) is 4.79 Å². The number of halogens is 1. The molecule has 0 aliphatic rings. The molecule has 0 unspecified atom stereocenters. The van der Waals surface area contributed by atoms with Gasteiger partial charge in [0.25, 0.3) is 5.91 Å². The smallest absolute Gasteiger partial charge is 0.251 e. The van der Waals surface area contributed by atoms with Gasteiger partial charge in [0.2, 0.25) is 0 Å². The number of nitrogens with one attached hydrogen (secondary N) is 1. The third-order valence-electron chi connectivity index (χ3n) is 2.54. The van der Waals surface area contributed by atoms with Crippen LogP contribution in [0.15, 0.2) is 40.2 Å². The fourth-order valence-electron chi connectivity index (χ4n) is 1.59. The average molecular weight is 350 g/mol. The molecule has 1 aromatic heterocycles. The molecule has 0 aliphatic heterocycles. The Kier molecular flexibility index (Phi) is 5.36. The van der Waals surface area contributed by atoms with Gasteiger partial charge in [-0.15, -0.1) is 11.3 Å². The van der Waals surface area contributed by atoms with Gasteiger partial charge in [0, 0.05) is 20.5 Å². The Labute approximate surface area is 129 Å². The first-order chi connectivity index (χ1) is 9.70. The fourth-order valence-corrected chi connectivity index (χ4v) is 3.03. The fraction of sp³-hybridized carbons (Fsp3) is 0.133. The van der Waals surface area contributed by atoms with Crippen molar-refractivity contribution < 1.29 is 9.90 Å². The summed E-state index contributed by atoms with van der Waals surface area (Å²) >= 11 is 5.02. The van der Waals surface area contributed by atoms with Crippen LogP contribution in [0.25, 0.3) is 0 Å². The highest BCUT2D eigenvalue weighted by Gasteiger charge is 2.07. The summed E-state index contributed by atoms with van der Waals surface area (Å²) in [5.74, 6) is 5.20. The number of carbonyl (C=O) groups excluding carboxylic acids is 1. The van der Waals surface area contributed by atoms with E-state index in [-0.39, 0.29) is 12.5 Å². The molecule has 5 heteroatoms. The van der Waals surface area contributed by atoms with E-state index in [1.165, 1.54) is 0 Å². The van der Waals surface area contributed by atoms with E-state index in [1.807, 2.05) is 11.4 Å². The molecule has 0 atom stereocenters. The minimum atomic E-state index is -0.192. The highest BCUT2D eigenvalue weighted by atomic mass is 79.9. The Bertz CT molecular complexity index is 670. The molecule has 0 saturated carbocycles. The molecule has 3 nitrogen and oxygen atoms in total. The summed E-state index contributed by atoms with van der Waals surface area (Å²) < 4.78 is 1.00. The van der Waals surface area contributed by atoms with Crippen LogP contribution in [-0.2, 0) is 6.54 Å². The number of aliphatic hydroxyl groups is 1. The van der Waals surface area contributed by atoms with Crippen molar-refractivity contribution in [1.29, 1.82) is 0 Å². The second-order valence-electron chi connectivity index (χ2n) is 3.92. The number of carbonyl (C=O) groups is 1. The van der Waals surface area contributed by atoms with Crippen LogP contribution < -0.4 is 5.32 Å². The van der Waals surface area contributed by atoms with Crippen molar-refractivity contribution in [3.8, 4) is 11.8 Å². The molecule has 2 aromatic rings. The van der Waals surface area contributed by atoms with E-state index in [2.05, 4.69) is 33.1 Å². The number of aliphatic hydroxyl groups excluding tert-OH is 1. The number of amides is 1. The lowest BCUT2D eigenvalue weighted by Gasteiger charge is -2.04. The van der Waals surface area contributed by atoms with Crippen molar-refractivity contribution in [2.75, 3.05) is 6.61 Å². The molecule has 2 N–H and O–H groups in total. The molecule has 0 bridgehead atoms. The zero-order chi connectivity index (χ0) is 14.4. The molecule has 1 aromatic carbocycles. The SMILES string of the molecule is O=C(NCc1sccc1Br)c1cccc(C#CCO)c1. The van der Waals surface area contributed by atoms with Crippen LogP contribution in [-0.4, -0.2) is 17.6 Å². The minimum Gasteiger partial charge on any atom is -0.384 e. The van der Waals surface area contributed by atoms with Crippen molar-refractivity contribution >= 4 is 33.2 Å². The number of rotatable bonds is 3. The summed E-state index contributed by atoms with van der Waals surface area (Å²) in [6.07, 6.45) is 0. The van der Waals surface area contributed by atoms with Gasteiger partial charge in [0.1, 0.15) is 6.61 Å². The molecule has 0 saturated heterocycles. The van der Waals surface area contributed by atoms with E-state index in [0.717, 1.165) is 9.35 Å². The molecule has 0 radical (unpaired) electrons. The number of hydrogen-bond donors (Lipinski definition) is 2. The maximum absolute atomic E-state index is 12.1. The summed E-state index contributed by atoms with van der Waals surface area (Å²) in [4.78, 5) is 13.1. The van der Waals surface area contributed by atoms with E-state index >= 15 is 0 Å². The van der Waals surface area contributed by atoms with Crippen LogP contribution >= 0.6 is 27.3 Å². The molecular weight excluding hydrogens is 338 g/mol. The number of benzene rings is 1. The van der Waals surface area contributed by atoms with E-state index in [1.54, 1.807) is 35.6 Å². The van der Waals surface area contributed by atoms with Crippen LogP contribution in [0.4, 0.5) is 0 Å². The minimum absolute atomic E-state index is 0.141. The van der Waals surface area contributed by atoms with E-state index in [0.29, 0.717) is 17.7 Å². The van der Waals surface area contributed by atoms with Gasteiger partial charge in [-0.05, 0) is 45.6 Å². The second kappa shape index (κ2) is 7.25. The van der Waals surface area contributed by atoms with Crippen molar-refractivity contribution in [3.63, 3.8) is 0 Å². The maximum Gasteiger partial charge on any atom is 0.251 e. The summed E-state index contributed by atoms with van der Waals surface area (Å²) in [5, 5.41) is 13.5. The Hall–Kier alpha value is -1.61. The molecule has 0 aliphatic carbocycles. The Morgan fingerprint density at radius 3 is 2.95 bits per heavy atom. The Morgan fingerprint density at radius 1 is 1.40 bits per heavy atom. The maximum atomic E-state index is 12.1. The summed E-state index contributed by atoms with van der Waals surface area (Å²) in [5.41, 5.74) is 1.27. The summed E-state index contributed by atoms with van der Waals surface area (Å²) in [6.45, 7) is 0.298. The molecular formula is C15H12BrNO2S. The van der Waals surface area contributed by atoms with E-state index in [4.69, 9.17) is 5.11 Å². The first kappa shape index (κ1) is 14.8. The van der Waals surface area contributed by atoms with Crippen molar-refractivity contribution in [2.45, 2.75) is 6.54 Å². The molecule has 1 heterocycles. The Morgan fingerprint density at radius 2 is 2.25 bits per heavy atom. The largest absolute Gasteiger partial charge is 0.384 e. The third kappa shape index (κ3) is 3.94. The van der Waals surface area contributed by atoms with Gasteiger partial charge in [-0.2, -0.15) is 0 Å². The van der Waals surface area contributed by atoms with Crippen LogP contribution in [0.1, 0.15) is 20.8 Å².